The van der Waals surface area contributed by atoms with Gasteiger partial charge in [-0.3, -0.25) is 0 Å². The number of rotatable bonds is 1. The van der Waals surface area contributed by atoms with Crippen molar-refractivity contribution in [1.29, 1.82) is 0 Å². The van der Waals surface area contributed by atoms with Crippen molar-refractivity contribution in [2.75, 3.05) is 5.73 Å². The Balaban J connectivity index is 2.18. The summed E-state index contributed by atoms with van der Waals surface area (Å²) >= 11 is 5.95. The lowest BCUT2D eigenvalue weighted by Gasteiger charge is -1.95. The SMILES string of the molecule is Nc1ccn2nc(-c3cccc(Cl)c3)cc2n1. The van der Waals surface area contributed by atoms with Crippen molar-refractivity contribution in [3.8, 4) is 11.3 Å². The van der Waals surface area contributed by atoms with E-state index in [0.717, 1.165) is 16.9 Å². The van der Waals surface area contributed by atoms with Crippen LogP contribution in [0.25, 0.3) is 16.9 Å². The van der Waals surface area contributed by atoms with Crippen LogP contribution in [0.1, 0.15) is 0 Å². The number of fused-ring (bicyclic) bond motifs is 1. The molecule has 4 nitrogen and oxygen atoms in total. The van der Waals surface area contributed by atoms with Crippen LogP contribution in [0.3, 0.4) is 0 Å². The Morgan fingerprint density at radius 3 is 2.88 bits per heavy atom. The number of halogens is 1. The van der Waals surface area contributed by atoms with Crippen LogP contribution in [0.4, 0.5) is 5.82 Å². The molecule has 0 bridgehead atoms. The summed E-state index contributed by atoms with van der Waals surface area (Å²) in [6.07, 6.45) is 1.78. The van der Waals surface area contributed by atoms with Gasteiger partial charge in [0, 0.05) is 22.8 Å². The smallest absolute Gasteiger partial charge is 0.157 e. The van der Waals surface area contributed by atoms with Gasteiger partial charge in [-0.25, -0.2) is 9.50 Å². The molecule has 0 radical (unpaired) electrons. The summed E-state index contributed by atoms with van der Waals surface area (Å²) < 4.78 is 1.69. The number of benzene rings is 1. The van der Waals surface area contributed by atoms with Crippen molar-refractivity contribution in [2.24, 2.45) is 0 Å². The van der Waals surface area contributed by atoms with Gasteiger partial charge >= 0.3 is 0 Å². The summed E-state index contributed by atoms with van der Waals surface area (Å²) in [4.78, 5) is 4.19. The Hall–Kier alpha value is -2.07. The lowest BCUT2D eigenvalue weighted by atomic mass is 10.2. The Bertz CT molecular complexity index is 690. The van der Waals surface area contributed by atoms with Crippen LogP contribution in [-0.4, -0.2) is 14.6 Å². The maximum atomic E-state index is 5.95. The Kier molecular flexibility index (Phi) is 2.23. The van der Waals surface area contributed by atoms with Gasteiger partial charge < -0.3 is 5.73 Å². The molecule has 84 valence electrons. The topological polar surface area (TPSA) is 56.2 Å². The van der Waals surface area contributed by atoms with Crippen molar-refractivity contribution < 1.29 is 0 Å². The van der Waals surface area contributed by atoms with E-state index in [1.807, 2.05) is 30.3 Å². The second kappa shape index (κ2) is 3.75. The first-order chi connectivity index (χ1) is 8.22. The van der Waals surface area contributed by atoms with E-state index in [0.29, 0.717) is 10.8 Å². The van der Waals surface area contributed by atoms with Gasteiger partial charge in [0.15, 0.2) is 5.65 Å². The van der Waals surface area contributed by atoms with E-state index in [2.05, 4.69) is 10.1 Å². The van der Waals surface area contributed by atoms with E-state index in [1.54, 1.807) is 16.8 Å². The summed E-state index contributed by atoms with van der Waals surface area (Å²) in [6.45, 7) is 0. The van der Waals surface area contributed by atoms with Crippen molar-refractivity contribution in [1.82, 2.24) is 14.6 Å². The summed E-state index contributed by atoms with van der Waals surface area (Å²) in [5.41, 5.74) is 8.13. The van der Waals surface area contributed by atoms with E-state index >= 15 is 0 Å². The molecule has 0 aliphatic rings. The molecule has 0 amide bonds. The molecule has 0 spiro atoms. The molecule has 2 N–H and O–H groups in total. The van der Waals surface area contributed by atoms with E-state index < -0.39 is 0 Å². The lowest BCUT2D eigenvalue weighted by molar-refractivity contribution is 0.946. The van der Waals surface area contributed by atoms with Gasteiger partial charge in [0.25, 0.3) is 0 Å². The van der Waals surface area contributed by atoms with Gasteiger partial charge in [-0.15, -0.1) is 0 Å². The predicted octanol–water partition coefficient (Wildman–Crippen LogP) is 2.63. The van der Waals surface area contributed by atoms with E-state index in [4.69, 9.17) is 17.3 Å². The molecule has 2 aromatic heterocycles. The molecule has 3 aromatic rings. The quantitative estimate of drug-likeness (QED) is 0.716. The van der Waals surface area contributed by atoms with Gasteiger partial charge in [-0.05, 0) is 18.2 Å². The highest BCUT2D eigenvalue weighted by atomic mass is 35.5. The fourth-order valence-electron chi connectivity index (χ4n) is 1.68. The molecule has 3 rings (SSSR count). The van der Waals surface area contributed by atoms with Crippen molar-refractivity contribution in [3.05, 3.63) is 47.6 Å². The third-order valence-corrected chi connectivity index (χ3v) is 2.70. The number of hydrogen-bond acceptors (Lipinski definition) is 3. The Morgan fingerprint density at radius 2 is 2.06 bits per heavy atom. The predicted molar refractivity (Wildman–Crippen MR) is 67.8 cm³/mol. The summed E-state index contributed by atoms with van der Waals surface area (Å²) in [7, 11) is 0. The number of nitrogens with two attached hydrogens (primary N) is 1. The zero-order valence-electron chi connectivity index (χ0n) is 8.84. The van der Waals surface area contributed by atoms with E-state index in [1.165, 1.54) is 0 Å². The number of anilines is 1. The highest BCUT2D eigenvalue weighted by molar-refractivity contribution is 6.30. The number of nitrogens with zero attached hydrogens (tertiary/aromatic N) is 3. The van der Waals surface area contributed by atoms with Crippen LogP contribution in [0.5, 0.6) is 0 Å². The minimum Gasteiger partial charge on any atom is -0.384 e. The largest absolute Gasteiger partial charge is 0.384 e. The lowest BCUT2D eigenvalue weighted by Crippen LogP contribution is -1.94. The molecular weight excluding hydrogens is 236 g/mol. The highest BCUT2D eigenvalue weighted by Crippen LogP contribution is 2.22. The number of hydrogen-bond donors (Lipinski definition) is 1. The second-order valence-corrected chi connectivity index (χ2v) is 4.13. The average Bonchev–Trinajstić information content (AvgIpc) is 2.72. The third-order valence-electron chi connectivity index (χ3n) is 2.47. The first-order valence-corrected chi connectivity index (χ1v) is 5.48. The normalized spacial score (nSPS) is 10.9. The van der Waals surface area contributed by atoms with Gasteiger partial charge in [0.2, 0.25) is 0 Å². The van der Waals surface area contributed by atoms with Crippen molar-refractivity contribution >= 4 is 23.1 Å². The van der Waals surface area contributed by atoms with Crippen LogP contribution in [0.2, 0.25) is 5.02 Å². The summed E-state index contributed by atoms with van der Waals surface area (Å²) in [5, 5.41) is 5.09. The summed E-state index contributed by atoms with van der Waals surface area (Å²) in [5.74, 6) is 0.482. The molecule has 0 aliphatic carbocycles. The molecule has 0 aliphatic heterocycles. The summed E-state index contributed by atoms with van der Waals surface area (Å²) in [6, 6.07) is 11.1. The monoisotopic (exact) mass is 244 g/mol. The van der Waals surface area contributed by atoms with Crippen LogP contribution in [0.15, 0.2) is 42.6 Å². The molecule has 0 fully saturated rings. The average molecular weight is 245 g/mol. The van der Waals surface area contributed by atoms with Crippen LogP contribution >= 0.6 is 11.6 Å². The Morgan fingerprint density at radius 1 is 1.18 bits per heavy atom. The third kappa shape index (κ3) is 1.83. The maximum Gasteiger partial charge on any atom is 0.157 e. The molecule has 17 heavy (non-hydrogen) atoms. The molecule has 5 heteroatoms. The first kappa shape index (κ1) is 10.1. The van der Waals surface area contributed by atoms with Gasteiger partial charge in [0.1, 0.15) is 5.82 Å². The standard InChI is InChI=1S/C12H9ClN4/c13-9-3-1-2-8(6-9)10-7-12-15-11(14)4-5-17(12)16-10/h1-7H,(H2,14,15). The zero-order chi connectivity index (χ0) is 11.8. The van der Waals surface area contributed by atoms with Gasteiger partial charge in [-0.1, -0.05) is 23.7 Å². The van der Waals surface area contributed by atoms with Crippen LogP contribution in [-0.2, 0) is 0 Å². The molecule has 0 atom stereocenters. The van der Waals surface area contributed by atoms with Crippen molar-refractivity contribution in [2.45, 2.75) is 0 Å². The van der Waals surface area contributed by atoms with E-state index in [-0.39, 0.29) is 0 Å². The Labute approximate surface area is 103 Å². The molecule has 2 heterocycles. The number of nitrogen functional groups attached to an aromatic ring is 1. The first-order valence-electron chi connectivity index (χ1n) is 5.10. The molecule has 0 saturated heterocycles. The molecule has 0 saturated carbocycles. The fourth-order valence-corrected chi connectivity index (χ4v) is 1.87. The molecule has 1 aromatic carbocycles. The number of aromatic nitrogens is 3. The van der Waals surface area contributed by atoms with E-state index in [9.17, 15) is 0 Å². The fraction of sp³-hybridized carbons (Fsp3) is 0. The van der Waals surface area contributed by atoms with Crippen LogP contribution < -0.4 is 5.73 Å². The second-order valence-electron chi connectivity index (χ2n) is 3.70. The minimum atomic E-state index is 0.482. The zero-order valence-corrected chi connectivity index (χ0v) is 9.59. The molecule has 0 unspecified atom stereocenters. The van der Waals surface area contributed by atoms with Crippen LogP contribution in [0, 0.1) is 0 Å². The minimum absolute atomic E-state index is 0.482. The maximum absolute atomic E-state index is 5.95. The van der Waals surface area contributed by atoms with Gasteiger partial charge in [0.05, 0.1) is 5.69 Å². The molecular formula is C12H9ClN4. The highest BCUT2D eigenvalue weighted by Gasteiger charge is 2.05. The van der Waals surface area contributed by atoms with Gasteiger partial charge in [-0.2, -0.15) is 5.10 Å². The van der Waals surface area contributed by atoms with Crippen molar-refractivity contribution in [3.63, 3.8) is 0 Å².